The Kier molecular flexibility index (Phi) is 4.22. The number of amides is 1. The van der Waals surface area contributed by atoms with Gasteiger partial charge in [-0.1, -0.05) is 48.5 Å². The van der Waals surface area contributed by atoms with Crippen LogP contribution in [0.5, 0.6) is 5.75 Å². The zero-order valence-corrected chi connectivity index (χ0v) is 14.4. The first kappa shape index (κ1) is 16.2. The van der Waals surface area contributed by atoms with Crippen LogP contribution < -0.4 is 10.5 Å². The van der Waals surface area contributed by atoms with E-state index in [9.17, 15) is 4.79 Å². The van der Waals surface area contributed by atoms with Gasteiger partial charge in [-0.15, -0.1) is 0 Å². The molecule has 4 heteroatoms. The van der Waals surface area contributed by atoms with Gasteiger partial charge in [-0.05, 0) is 18.1 Å². The molecule has 2 aromatic rings. The fraction of sp³-hybridized carbons (Fsp3) is 0.381. The standard InChI is InChI=1S/C21H24N2O2/c22-18-14-21(25-19-9-5-4-8-17(18)19)11-10-20(24)23(13-12-21)15-16-6-2-1-3-7-16/h1-9,18H,10-15,22H2/t18-,21+/m1/s1. The van der Waals surface area contributed by atoms with Gasteiger partial charge in [0, 0.05) is 44.0 Å². The Bertz CT molecular complexity index is 762. The molecule has 1 amide bonds. The molecule has 0 bridgehead atoms. The molecule has 1 spiro atoms. The molecule has 130 valence electrons. The summed E-state index contributed by atoms with van der Waals surface area (Å²) < 4.78 is 6.40. The third-order valence-corrected chi connectivity index (χ3v) is 5.44. The van der Waals surface area contributed by atoms with E-state index in [1.807, 2.05) is 47.4 Å². The van der Waals surface area contributed by atoms with E-state index in [0.717, 1.165) is 30.6 Å². The predicted molar refractivity (Wildman–Crippen MR) is 97.1 cm³/mol. The molecule has 0 unspecified atom stereocenters. The van der Waals surface area contributed by atoms with Crippen LogP contribution in [0.15, 0.2) is 54.6 Å². The van der Waals surface area contributed by atoms with Gasteiger partial charge in [0.2, 0.25) is 5.91 Å². The molecule has 0 aromatic heterocycles. The molecule has 2 aromatic carbocycles. The number of hydrogen-bond donors (Lipinski definition) is 1. The zero-order chi connectivity index (χ0) is 17.3. The van der Waals surface area contributed by atoms with Crippen molar-refractivity contribution >= 4 is 5.91 Å². The number of hydrogen-bond acceptors (Lipinski definition) is 3. The maximum atomic E-state index is 12.6. The third kappa shape index (κ3) is 3.27. The van der Waals surface area contributed by atoms with E-state index in [1.165, 1.54) is 5.56 Å². The van der Waals surface area contributed by atoms with E-state index in [1.54, 1.807) is 0 Å². The Labute approximate surface area is 148 Å². The van der Waals surface area contributed by atoms with Gasteiger partial charge in [0.05, 0.1) is 0 Å². The van der Waals surface area contributed by atoms with Crippen molar-refractivity contribution in [3.05, 3.63) is 65.7 Å². The highest BCUT2D eigenvalue weighted by molar-refractivity contribution is 5.76. The van der Waals surface area contributed by atoms with Gasteiger partial charge >= 0.3 is 0 Å². The summed E-state index contributed by atoms with van der Waals surface area (Å²) in [6, 6.07) is 18.1. The van der Waals surface area contributed by atoms with E-state index < -0.39 is 0 Å². The largest absolute Gasteiger partial charge is 0.487 e. The second kappa shape index (κ2) is 6.52. The molecule has 1 saturated heterocycles. The van der Waals surface area contributed by atoms with E-state index in [-0.39, 0.29) is 17.6 Å². The minimum atomic E-state index is -0.325. The topological polar surface area (TPSA) is 55.6 Å². The minimum absolute atomic E-state index is 0.0271. The van der Waals surface area contributed by atoms with Gasteiger partial charge in [-0.25, -0.2) is 0 Å². The van der Waals surface area contributed by atoms with Gasteiger partial charge in [-0.3, -0.25) is 4.79 Å². The lowest BCUT2D eigenvalue weighted by atomic mass is 9.82. The normalized spacial score (nSPS) is 26.0. The average Bonchev–Trinajstić information content (AvgIpc) is 2.77. The highest BCUT2D eigenvalue weighted by Gasteiger charge is 2.42. The first-order chi connectivity index (χ1) is 12.2. The molecule has 2 N–H and O–H groups in total. The Morgan fingerprint density at radius 3 is 2.68 bits per heavy atom. The summed E-state index contributed by atoms with van der Waals surface area (Å²) in [5.74, 6) is 1.09. The number of likely N-dealkylation sites (tertiary alicyclic amines) is 1. The molecule has 2 aliphatic heterocycles. The van der Waals surface area contributed by atoms with E-state index in [0.29, 0.717) is 19.5 Å². The lowest BCUT2D eigenvalue weighted by molar-refractivity contribution is -0.131. The number of benzene rings is 2. The van der Waals surface area contributed by atoms with Crippen molar-refractivity contribution < 1.29 is 9.53 Å². The number of fused-ring (bicyclic) bond motifs is 1. The van der Waals surface area contributed by atoms with Crippen molar-refractivity contribution in [2.45, 2.75) is 43.9 Å². The maximum absolute atomic E-state index is 12.6. The maximum Gasteiger partial charge on any atom is 0.223 e. The molecule has 0 radical (unpaired) electrons. The minimum Gasteiger partial charge on any atom is -0.487 e. The lowest BCUT2D eigenvalue weighted by Crippen LogP contribution is -2.43. The Morgan fingerprint density at radius 2 is 1.84 bits per heavy atom. The Hall–Kier alpha value is -2.33. The summed E-state index contributed by atoms with van der Waals surface area (Å²) in [6.07, 6.45) is 2.85. The lowest BCUT2D eigenvalue weighted by Gasteiger charge is -2.40. The zero-order valence-electron chi connectivity index (χ0n) is 14.4. The number of ether oxygens (including phenoxy) is 1. The molecular formula is C21H24N2O2. The van der Waals surface area contributed by atoms with Crippen molar-refractivity contribution in [1.29, 1.82) is 0 Å². The monoisotopic (exact) mass is 336 g/mol. The average molecular weight is 336 g/mol. The quantitative estimate of drug-likeness (QED) is 0.914. The van der Waals surface area contributed by atoms with E-state index in [2.05, 4.69) is 12.1 Å². The number of carbonyl (C=O) groups is 1. The number of nitrogens with two attached hydrogens (primary N) is 1. The van der Waals surface area contributed by atoms with Gasteiger partial charge in [0.15, 0.2) is 0 Å². The SMILES string of the molecule is N[C@@H]1C[C@@]2(CCC(=O)N(Cc3ccccc3)CC2)Oc2ccccc21. The summed E-state index contributed by atoms with van der Waals surface area (Å²) in [7, 11) is 0. The first-order valence-electron chi connectivity index (χ1n) is 9.00. The molecule has 0 saturated carbocycles. The summed E-state index contributed by atoms with van der Waals surface area (Å²) in [5.41, 5.74) is 8.33. The smallest absolute Gasteiger partial charge is 0.223 e. The van der Waals surface area contributed by atoms with Crippen molar-refractivity contribution in [1.82, 2.24) is 4.90 Å². The van der Waals surface area contributed by atoms with Crippen LogP contribution in [0.25, 0.3) is 0 Å². The van der Waals surface area contributed by atoms with Crippen LogP contribution in [0.2, 0.25) is 0 Å². The highest BCUT2D eigenvalue weighted by Crippen LogP contribution is 2.43. The number of nitrogens with zero attached hydrogens (tertiary/aromatic N) is 1. The summed E-state index contributed by atoms with van der Waals surface area (Å²) in [4.78, 5) is 14.6. The Morgan fingerprint density at radius 1 is 1.08 bits per heavy atom. The second-order valence-corrected chi connectivity index (χ2v) is 7.18. The molecule has 2 atom stereocenters. The number of carbonyl (C=O) groups excluding carboxylic acids is 1. The number of rotatable bonds is 2. The van der Waals surface area contributed by atoms with E-state index in [4.69, 9.17) is 10.5 Å². The van der Waals surface area contributed by atoms with Crippen molar-refractivity contribution in [3.63, 3.8) is 0 Å². The molecule has 4 rings (SSSR count). The fourth-order valence-electron chi connectivity index (χ4n) is 4.02. The van der Waals surface area contributed by atoms with Gasteiger partial charge in [-0.2, -0.15) is 0 Å². The molecule has 25 heavy (non-hydrogen) atoms. The molecule has 2 heterocycles. The van der Waals surface area contributed by atoms with Crippen LogP contribution in [0, 0.1) is 0 Å². The fourth-order valence-corrected chi connectivity index (χ4v) is 4.02. The third-order valence-electron chi connectivity index (χ3n) is 5.44. The van der Waals surface area contributed by atoms with Crippen LogP contribution in [0.4, 0.5) is 0 Å². The van der Waals surface area contributed by atoms with Crippen LogP contribution >= 0.6 is 0 Å². The molecule has 0 aliphatic carbocycles. The summed E-state index contributed by atoms with van der Waals surface area (Å²) in [5, 5.41) is 0. The summed E-state index contributed by atoms with van der Waals surface area (Å²) in [6.45, 7) is 1.38. The summed E-state index contributed by atoms with van der Waals surface area (Å²) >= 11 is 0. The molecular weight excluding hydrogens is 312 g/mol. The van der Waals surface area contributed by atoms with Gasteiger partial charge in [0.1, 0.15) is 11.4 Å². The van der Waals surface area contributed by atoms with Gasteiger partial charge < -0.3 is 15.4 Å². The predicted octanol–water partition coefficient (Wildman–Crippen LogP) is 3.42. The second-order valence-electron chi connectivity index (χ2n) is 7.18. The highest BCUT2D eigenvalue weighted by atomic mass is 16.5. The van der Waals surface area contributed by atoms with Crippen molar-refractivity contribution in [2.75, 3.05) is 6.54 Å². The van der Waals surface area contributed by atoms with Crippen molar-refractivity contribution in [3.8, 4) is 5.75 Å². The molecule has 4 nitrogen and oxygen atoms in total. The molecule has 1 fully saturated rings. The van der Waals surface area contributed by atoms with Crippen molar-refractivity contribution in [2.24, 2.45) is 5.73 Å². The number of para-hydroxylation sites is 1. The first-order valence-corrected chi connectivity index (χ1v) is 9.00. The van der Waals surface area contributed by atoms with Crippen LogP contribution in [-0.4, -0.2) is 23.0 Å². The van der Waals surface area contributed by atoms with Gasteiger partial charge in [0.25, 0.3) is 0 Å². The van der Waals surface area contributed by atoms with Crippen LogP contribution in [0.3, 0.4) is 0 Å². The van der Waals surface area contributed by atoms with Crippen LogP contribution in [0.1, 0.15) is 42.9 Å². The van der Waals surface area contributed by atoms with Crippen LogP contribution in [-0.2, 0) is 11.3 Å². The van der Waals surface area contributed by atoms with E-state index >= 15 is 0 Å². The Balaban J connectivity index is 1.52. The molecule has 2 aliphatic rings.